The largest absolute Gasteiger partial charge is 0.314 e. The van der Waals surface area contributed by atoms with E-state index in [2.05, 4.69) is 44.8 Å². The van der Waals surface area contributed by atoms with Crippen LogP contribution < -0.4 is 5.32 Å². The third kappa shape index (κ3) is 5.73. The molecule has 0 aromatic heterocycles. The summed E-state index contributed by atoms with van der Waals surface area (Å²) >= 11 is 0. The van der Waals surface area contributed by atoms with Crippen LogP contribution in [0.2, 0.25) is 0 Å². The molecule has 0 aliphatic heterocycles. The van der Waals surface area contributed by atoms with Gasteiger partial charge in [-0.25, -0.2) is 0 Å². The van der Waals surface area contributed by atoms with Crippen LogP contribution >= 0.6 is 0 Å². The van der Waals surface area contributed by atoms with E-state index in [0.717, 1.165) is 24.0 Å². The summed E-state index contributed by atoms with van der Waals surface area (Å²) in [6.45, 7) is 14.2. The van der Waals surface area contributed by atoms with Crippen LogP contribution in [0.3, 0.4) is 0 Å². The Morgan fingerprint density at radius 3 is 2.05 bits per heavy atom. The Labute approximate surface area is 127 Å². The molecule has 1 aliphatic rings. The minimum Gasteiger partial charge on any atom is -0.314 e. The highest BCUT2D eigenvalue weighted by Gasteiger charge is 2.29. The first-order valence-electron chi connectivity index (χ1n) is 9.11. The van der Waals surface area contributed by atoms with Crippen molar-refractivity contribution in [2.45, 2.75) is 97.7 Å². The number of nitrogens with zero attached hydrogens (tertiary/aromatic N) is 1. The normalized spacial score (nSPS) is 24.0. The third-order valence-corrected chi connectivity index (χ3v) is 4.84. The van der Waals surface area contributed by atoms with Crippen molar-refractivity contribution in [3.05, 3.63) is 0 Å². The fourth-order valence-electron chi connectivity index (χ4n) is 3.74. The van der Waals surface area contributed by atoms with E-state index in [-0.39, 0.29) is 0 Å². The van der Waals surface area contributed by atoms with Gasteiger partial charge in [-0.05, 0) is 57.4 Å². The number of nitrogens with one attached hydrogen (secondary N) is 1. The van der Waals surface area contributed by atoms with Crippen molar-refractivity contribution in [1.29, 1.82) is 0 Å². The van der Waals surface area contributed by atoms with Gasteiger partial charge >= 0.3 is 0 Å². The number of hydrogen-bond acceptors (Lipinski definition) is 2. The Kier molecular flexibility index (Phi) is 8.79. The second-order valence-electron chi connectivity index (χ2n) is 7.02. The predicted molar refractivity (Wildman–Crippen MR) is 90.3 cm³/mol. The van der Waals surface area contributed by atoms with Crippen LogP contribution in [0.1, 0.15) is 79.6 Å². The van der Waals surface area contributed by atoms with Crippen LogP contribution in [0.5, 0.6) is 0 Å². The summed E-state index contributed by atoms with van der Waals surface area (Å²) in [5.41, 5.74) is 0. The molecule has 1 rings (SSSR count). The summed E-state index contributed by atoms with van der Waals surface area (Å²) in [6, 6.07) is 2.42. The van der Waals surface area contributed by atoms with Crippen molar-refractivity contribution in [3.63, 3.8) is 0 Å². The zero-order chi connectivity index (χ0) is 15.0. The summed E-state index contributed by atoms with van der Waals surface area (Å²) in [7, 11) is 0. The highest BCUT2D eigenvalue weighted by molar-refractivity contribution is 4.86. The van der Waals surface area contributed by atoms with Gasteiger partial charge in [-0.3, -0.25) is 4.90 Å². The highest BCUT2D eigenvalue weighted by Crippen LogP contribution is 2.27. The lowest BCUT2D eigenvalue weighted by atomic mass is 9.88. The molecule has 0 amide bonds. The van der Waals surface area contributed by atoms with E-state index >= 15 is 0 Å². The van der Waals surface area contributed by atoms with Gasteiger partial charge in [-0.1, -0.05) is 34.6 Å². The van der Waals surface area contributed by atoms with Crippen molar-refractivity contribution >= 4 is 0 Å². The number of rotatable bonds is 9. The Balaban J connectivity index is 2.51. The first-order valence-corrected chi connectivity index (χ1v) is 9.11. The van der Waals surface area contributed by atoms with Crippen LogP contribution in [0.4, 0.5) is 0 Å². The summed E-state index contributed by atoms with van der Waals surface area (Å²) in [6.07, 6.45) is 9.40. The topological polar surface area (TPSA) is 15.3 Å². The number of hydrogen-bond donors (Lipinski definition) is 1. The molecule has 120 valence electrons. The lowest BCUT2D eigenvalue weighted by Crippen LogP contribution is -2.48. The van der Waals surface area contributed by atoms with Gasteiger partial charge in [0.05, 0.1) is 0 Å². The van der Waals surface area contributed by atoms with Gasteiger partial charge in [0, 0.05) is 24.7 Å². The molecular weight excluding hydrogens is 244 g/mol. The average Bonchev–Trinajstić information content (AvgIpc) is 2.45. The molecule has 0 saturated heterocycles. The third-order valence-electron chi connectivity index (χ3n) is 4.84. The maximum absolute atomic E-state index is 3.71. The molecule has 0 aromatic rings. The maximum Gasteiger partial charge on any atom is 0.00994 e. The molecule has 1 fully saturated rings. The molecule has 0 bridgehead atoms. The van der Waals surface area contributed by atoms with E-state index in [1.807, 2.05) is 0 Å². The van der Waals surface area contributed by atoms with E-state index in [1.165, 1.54) is 58.0 Å². The molecule has 0 radical (unpaired) electrons. The average molecular weight is 283 g/mol. The molecule has 1 aliphatic carbocycles. The van der Waals surface area contributed by atoms with Crippen molar-refractivity contribution < 1.29 is 0 Å². The second-order valence-corrected chi connectivity index (χ2v) is 7.02. The van der Waals surface area contributed by atoms with E-state index in [0.29, 0.717) is 0 Å². The zero-order valence-electron chi connectivity index (χ0n) is 14.6. The monoisotopic (exact) mass is 282 g/mol. The molecule has 0 aromatic carbocycles. The van der Waals surface area contributed by atoms with E-state index in [4.69, 9.17) is 0 Å². The van der Waals surface area contributed by atoms with Crippen molar-refractivity contribution in [1.82, 2.24) is 10.2 Å². The SMILES string of the molecule is CCCNC1CCC(N(CC(C)C)C(CC)CC)CC1. The van der Waals surface area contributed by atoms with Gasteiger partial charge in [0.25, 0.3) is 0 Å². The fraction of sp³-hybridized carbons (Fsp3) is 1.00. The zero-order valence-corrected chi connectivity index (χ0v) is 14.6. The summed E-state index contributed by atoms with van der Waals surface area (Å²) < 4.78 is 0. The van der Waals surface area contributed by atoms with Crippen LogP contribution in [-0.4, -0.2) is 36.1 Å². The van der Waals surface area contributed by atoms with Gasteiger partial charge in [0.1, 0.15) is 0 Å². The lowest BCUT2D eigenvalue weighted by molar-refractivity contribution is 0.0781. The van der Waals surface area contributed by atoms with E-state index in [9.17, 15) is 0 Å². The Morgan fingerprint density at radius 1 is 1.00 bits per heavy atom. The van der Waals surface area contributed by atoms with Gasteiger partial charge in [0.2, 0.25) is 0 Å². The minimum atomic E-state index is 0.784. The van der Waals surface area contributed by atoms with Gasteiger partial charge in [-0.15, -0.1) is 0 Å². The first kappa shape index (κ1) is 18.0. The van der Waals surface area contributed by atoms with Crippen LogP contribution in [0.25, 0.3) is 0 Å². The highest BCUT2D eigenvalue weighted by atomic mass is 15.2. The van der Waals surface area contributed by atoms with Crippen LogP contribution in [-0.2, 0) is 0 Å². The quantitative estimate of drug-likeness (QED) is 0.672. The molecular formula is C18H38N2. The van der Waals surface area contributed by atoms with E-state index < -0.39 is 0 Å². The fourth-order valence-corrected chi connectivity index (χ4v) is 3.74. The molecule has 0 atom stereocenters. The molecule has 1 saturated carbocycles. The van der Waals surface area contributed by atoms with Crippen molar-refractivity contribution in [3.8, 4) is 0 Å². The summed E-state index contributed by atoms with van der Waals surface area (Å²) in [5, 5.41) is 3.71. The first-order chi connectivity index (χ1) is 9.62. The van der Waals surface area contributed by atoms with E-state index in [1.54, 1.807) is 0 Å². The molecule has 20 heavy (non-hydrogen) atoms. The smallest absolute Gasteiger partial charge is 0.00994 e. The van der Waals surface area contributed by atoms with Gasteiger partial charge < -0.3 is 5.32 Å². The molecule has 0 unspecified atom stereocenters. The second kappa shape index (κ2) is 9.78. The standard InChI is InChI=1S/C18H38N2/c1-6-13-19-16-9-11-18(12-10-16)20(14-15(4)5)17(7-2)8-3/h15-19H,6-14H2,1-5H3. The lowest BCUT2D eigenvalue weighted by Gasteiger charge is -2.42. The Morgan fingerprint density at radius 2 is 1.60 bits per heavy atom. The predicted octanol–water partition coefficient (Wildman–Crippen LogP) is 4.44. The maximum atomic E-state index is 3.71. The van der Waals surface area contributed by atoms with Crippen molar-refractivity contribution in [2.75, 3.05) is 13.1 Å². The minimum absolute atomic E-state index is 0.784. The molecule has 2 nitrogen and oxygen atoms in total. The molecule has 2 heteroatoms. The molecule has 0 spiro atoms. The Hall–Kier alpha value is -0.0800. The van der Waals surface area contributed by atoms with Gasteiger partial charge in [-0.2, -0.15) is 0 Å². The van der Waals surface area contributed by atoms with Crippen LogP contribution in [0, 0.1) is 5.92 Å². The summed E-state index contributed by atoms with van der Waals surface area (Å²) in [5.74, 6) is 0.784. The summed E-state index contributed by atoms with van der Waals surface area (Å²) in [4.78, 5) is 2.85. The molecule has 1 N–H and O–H groups in total. The Bertz CT molecular complexity index is 228. The molecule has 0 heterocycles. The van der Waals surface area contributed by atoms with Crippen molar-refractivity contribution in [2.24, 2.45) is 5.92 Å². The van der Waals surface area contributed by atoms with Crippen LogP contribution in [0.15, 0.2) is 0 Å². The van der Waals surface area contributed by atoms with Gasteiger partial charge in [0.15, 0.2) is 0 Å².